The fraction of sp³-hybridized carbons (Fsp3) is 0. The van der Waals surface area contributed by atoms with E-state index in [0.29, 0.717) is 0 Å². The molecule has 0 spiro atoms. The average Bonchev–Trinajstić information content (AvgIpc) is 3.53. The molecule has 4 N–H and O–H groups in total. The third-order valence-electron chi connectivity index (χ3n) is 5.37. The van der Waals surface area contributed by atoms with Gasteiger partial charge >= 0.3 is 0 Å². The van der Waals surface area contributed by atoms with Gasteiger partial charge in [-0.3, -0.25) is 0 Å². The van der Waals surface area contributed by atoms with Crippen LogP contribution in [0.25, 0.3) is 57.5 Å². The van der Waals surface area contributed by atoms with Crippen molar-refractivity contribution < 1.29 is 17.1 Å². The minimum Gasteiger partial charge on any atom is -0.399 e. The number of nitrogens with one attached hydrogen (secondary N) is 2. The number of nitrogens with zero attached hydrogens (tertiary/aromatic N) is 2. The molecule has 6 rings (SSSR count). The van der Waals surface area contributed by atoms with Gasteiger partial charge in [-0.1, -0.05) is 12.1 Å². The summed E-state index contributed by atoms with van der Waals surface area (Å²) < 4.78 is 0. The number of aromatic nitrogens is 4. The van der Waals surface area contributed by atoms with Crippen molar-refractivity contribution in [1.29, 1.82) is 0 Å². The van der Waals surface area contributed by atoms with E-state index in [9.17, 15) is 0 Å². The van der Waals surface area contributed by atoms with Crippen molar-refractivity contribution in [3.8, 4) is 11.1 Å². The van der Waals surface area contributed by atoms with E-state index >= 15 is 0 Å². The van der Waals surface area contributed by atoms with Crippen molar-refractivity contribution in [3.63, 3.8) is 0 Å². The molecule has 32 heavy (non-hydrogen) atoms. The summed E-state index contributed by atoms with van der Waals surface area (Å²) in [6.45, 7) is 0. The Labute approximate surface area is 195 Å². The smallest absolute Gasteiger partial charge is 0.0658 e. The maximum atomic E-state index is 6.05. The second kappa shape index (κ2) is 8.00. The van der Waals surface area contributed by atoms with Crippen LogP contribution in [-0.2, 0) is 17.1 Å². The zero-order valence-electron chi connectivity index (χ0n) is 17.0. The van der Waals surface area contributed by atoms with E-state index in [0.717, 1.165) is 61.7 Å². The summed E-state index contributed by atoms with van der Waals surface area (Å²) in [5, 5.41) is 0. The van der Waals surface area contributed by atoms with E-state index in [1.54, 1.807) is 0 Å². The van der Waals surface area contributed by atoms with Gasteiger partial charge in [0.15, 0.2) is 0 Å². The first-order chi connectivity index (χ1) is 15.2. The number of aromatic amines is 2. The topological polar surface area (TPSA) is 83.4 Å². The van der Waals surface area contributed by atoms with E-state index in [2.05, 4.69) is 28.2 Å². The number of benzene rings is 1. The van der Waals surface area contributed by atoms with Crippen molar-refractivity contribution >= 4 is 52.1 Å². The van der Waals surface area contributed by atoms with Crippen LogP contribution in [0.1, 0.15) is 22.8 Å². The van der Waals surface area contributed by atoms with Crippen molar-refractivity contribution in [1.82, 2.24) is 19.9 Å². The van der Waals surface area contributed by atoms with E-state index in [-0.39, 0.29) is 17.1 Å². The summed E-state index contributed by atoms with van der Waals surface area (Å²) in [6, 6.07) is 22.3. The van der Waals surface area contributed by atoms with E-state index < -0.39 is 0 Å². The SMILES string of the molecule is Nc1cccc(-c2cc3cc4nc(cc5ccc(cc6nc(cc2[nH]3)C=C6)[nH]5)C=C4)c1.[Fe]. The van der Waals surface area contributed by atoms with Gasteiger partial charge < -0.3 is 15.7 Å². The molecule has 2 aliphatic rings. The van der Waals surface area contributed by atoms with Crippen LogP contribution in [0.2, 0.25) is 0 Å². The van der Waals surface area contributed by atoms with Gasteiger partial charge in [-0.05, 0) is 84.5 Å². The predicted molar refractivity (Wildman–Crippen MR) is 129 cm³/mol. The largest absolute Gasteiger partial charge is 0.399 e. The summed E-state index contributed by atoms with van der Waals surface area (Å²) >= 11 is 0. The molecular weight excluding hydrogens is 438 g/mol. The molecule has 0 radical (unpaired) electrons. The van der Waals surface area contributed by atoms with Crippen LogP contribution in [0.15, 0.2) is 66.7 Å². The zero-order chi connectivity index (χ0) is 20.8. The van der Waals surface area contributed by atoms with Crippen molar-refractivity contribution in [2.24, 2.45) is 0 Å². The van der Waals surface area contributed by atoms with Crippen LogP contribution in [0.3, 0.4) is 0 Å². The van der Waals surface area contributed by atoms with Gasteiger partial charge in [0.25, 0.3) is 0 Å². The summed E-state index contributed by atoms with van der Waals surface area (Å²) in [6.07, 6.45) is 8.09. The quantitative estimate of drug-likeness (QED) is 0.212. The molecule has 0 unspecified atom stereocenters. The van der Waals surface area contributed by atoms with Gasteiger partial charge in [0, 0.05) is 50.4 Å². The summed E-state index contributed by atoms with van der Waals surface area (Å²) in [5.41, 5.74) is 16.5. The Morgan fingerprint density at radius 2 is 1.19 bits per heavy atom. The molecule has 2 aliphatic heterocycles. The van der Waals surface area contributed by atoms with Crippen molar-refractivity contribution in [2.45, 2.75) is 0 Å². The monoisotopic (exact) mass is 457 g/mol. The molecular formula is C26H19FeN5. The second-order valence-electron chi connectivity index (χ2n) is 7.71. The molecule has 0 saturated carbocycles. The maximum Gasteiger partial charge on any atom is 0.0658 e. The minimum absolute atomic E-state index is 0. The van der Waals surface area contributed by atoms with Gasteiger partial charge in [-0.2, -0.15) is 0 Å². The number of nitrogen functional groups attached to an aromatic ring is 1. The molecule has 0 fully saturated rings. The van der Waals surface area contributed by atoms with Crippen LogP contribution in [0, 0.1) is 0 Å². The van der Waals surface area contributed by atoms with Crippen LogP contribution in [0.5, 0.6) is 0 Å². The molecule has 5 nitrogen and oxygen atoms in total. The van der Waals surface area contributed by atoms with Crippen LogP contribution in [0.4, 0.5) is 5.69 Å². The Morgan fingerprint density at radius 1 is 0.594 bits per heavy atom. The fourth-order valence-corrected chi connectivity index (χ4v) is 3.96. The Morgan fingerprint density at radius 3 is 1.81 bits per heavy atom. The fourth-order valence-electron chi connectivity index (χ4n) is 3.96. The molecule has 3 aromatic heterocycles. The van der Waals surface area contributed by atoms with Crippen molar-refractivity contribution in [3.05, 3.63) is 89.5 Å². The number of anilines is 1. The summed E-state index contributed by atoms with van der Waals surface area (Å²) in [4.78, 5) is 16.4. The van der Waals surface area contributed by atoms with Crippen molar-refractivity contribution in [2.75, 3.05) is 5.73 Å². The summed E-state index contributed by atoms with van der Waals surface area (Å²) in [5.74, 6) is 0. The number of hydrogen-bond acceptors (Lipinski definition) is 3. The standard InChI is InChI=1S/C26H19N5.Fe/c27-17-3-1-2-16(10-17)25-14-24-13-22-7-6-20(29-22)11-18-4-5-19(28-18)12-21-8-9-23(30-21)15-26(25)31-24;/h1-15,28,31H,27H2;. The number of fused-ring (bicyclic) bond motifs is 8. The minimum atomic E-state index is 0. The molecule has 1 aromatic carbocycles. The Kier molecular flexibility index (Phi) is 5.02. The molecule has 5 heterocycles. The first-order valence-electron chi connectivity index (χ1n) is 10.1. The number of nitrogens with two attached hydrogens (primary N) is 1. The molecule has 6 heteroatoms. The van der Waals surface area contributed by atoms with E-state index in [1.807, 2.05) is 72.8 Å². The first-order valence-corrected chi connectivity index (χ1v) is 10.1. The number of H-pyrrole nitrogens is 2. The number of hydrogen-bond donors (Lipinski definition) is 3. The third kappa shape index (κ3) is 3.89. The molecule has 0 atom stereocenters. The molecule has 0 amide bonds. The zero-order valence-corrected chi connectivity index (χ0v) is 18.1. The first kappa shape index (κ1) is 20.1. The predicted octanol–water partition coefficient (Wildman–Crippen LogP) is 5.90. The van der Waals surface area contributed by atoms with Gasteiger partial charge in [-0.25, -0.2) is 9.97 Å². The van der Waals surface area contributed by atoms with Crippen LogP contribution < -0.4 is 5.73 Å². The Bertz CT molecular complexity index is 1560. The molecule has 4 aromatic rings. The van der Waals surface area contributed by atoms with Crippen LogP contribution in [-0.4, -0.2) is 19.9 Å². The Balaban J connectivity index is 0.00000216. The molecule has 156 valence electrons. The second-order valence-corrected chi connectivity index (χ2v) is 7.71. The van der Waals surface area contributed by atoms with Gasteiger partial charge in [-0.15, -0.1) is 0 Å². The molecule has 0 aliphatic carbocycles. The van der Waals surface area contributed by atoms with Gasteiger partial charge in [0.05, 0.1) is 22.8 Å². The normalized spacial score (nSPS) is 12.0. The van der Waals surface area contributed by atoms with E-state index in [4.69, 9.17) is 15.7 Å². The van der Waals surface area contributed by atoms with E-state index in [1.165, 1.54) is 0 Å². The van der Waals surface area contributed by atoms with Crippen LogP contribution >= 0.6 is 0 Å². The Hall–Kier alpha value is -3.86. The molecule has 0 saturated heterocycles. The maximum absolute atomic E-state index is 6.05. The average molecular weight is 457 g/mol. The third-order valence-corrected chi connectivity index (χ3v) is 5.37. The van der Waals surface area contributed by atoms with Gasteiger partial charge in [0.2, 0.25) is 0 Å². The number of rotatable bonds is 1. The summed E-state index contributed by atoms with van der Waals surface area (Å²) in [7, 11) is 0. The van der Waals surface area contributed by atoms with Gasteiger partial charge in [0.1, 0.15) is 0 Å². The molecule has 8 bridgehead atoms.